The fourth-order valence-electron chi connectivity index (χ4n) is 2.93. The first-order valence-corrected chi connectivity index (χ1v) is 9.50. The first-order valence-electron chi connectivity index (χ1n) is 9.12. The summed E-state index contributed by atoms with van der Waals surface area (Å²) in [5.74, 6) is 0.374. The van der Waals surface area contributed by atoms with E-state index in [9.17, 15) is 18.0 Å². The number of methoxy groups -OCH3 is 1. The van der Waals surface area contributed by atoms with Crippen LogP contribution in [0.5, 0.6) is 5.75 Å². The molecule has 2 N–H and O–H groups in total. The van der Waals surface area contributed by atoms with Crippen LogP contribution in [0.1, 0.15) is 34.3 Å². The number of benzene rings is 2. The highest BCUT2D eigenvalue weighted by molar-refractivity contribution is 6.33. The standard InChI is InChI=1S/C21H24ClF3N2O2/c1-27(10-4-3-5-14-6-8-16(29-2)9-7-14)13-19(28)15-11-17(21(23,24)25)20(26)18(22)12-15/h6-9,11-12H,3-5,10,13,26H2,1-2H3. The van der Waals surface area contributed by atoms with Crippen LogP contribution >= 0.6 is 11.6 Å². The molecule has 0 aliphatic heterocycles. The molecule has 8 heteroatoms. The Hall–Kier alpha value is -2.25. The normalized spacial score (nSPS) is 11.7. The summed E-state index contributed by atoms with van der Waals surface area (Å²) < 4.78 is 44.3. The number of ketones is 1. The van der Waals surface area contributed by atoms with Gasteiger partial charge in [0.1, 0.15) is 5.75 Å². The fourth-order valence-corrected chi connectivity index (χ4v) is 3.15. The Morgan fingerprint density at radius 3 is 2.41 bits per heavy atom. The van der Waals surface area contributed by atoms with Crippen molar-refractivity contribution in [2.75, 3.05) is 33.0 Å². The molecule has 0 saturated carbocycles. The van der Waals surface area contributed by atoms with Crippen LogP contribution in [0.3, 0.4) is 0 Å². The number of rotatable bonds is 9. The number of hydrogen-bond donors (Lipinski definition) is 1. The van der Waals surface area contributed by atoms with Crippen molar-refractivity contribution in [2.45, 2.75) is 25.4 Å². The third kappa shape index (κ3) is 6.65. The van der Waals surface area contributed by atoms with Crippen LogP contribution in [-0.4, -0.2) is 37.9 Å². The minimum atomic E-state index is -4.67. The number of anilines is 1. The maximum absolute atomic E-state index is 13.1. The molecular formula is C21H24ClF3N2O2. The Kier molecular flexibility index (Phi) is 7.93. The average Bonchev–Trinajstić information content (AvgIpc) is 2.66. The summed E-state index contributed by atoms with van der Waals surface area (Å²) in [6.45, 7) is 0.650. The van der Waals surface area contributed by atoms with Gasteiger partial charge in [0.15, 0.2) is 5.78 Å². The minimum Gasteiger partial charge on any atom is -0.497 e. The van der Waals surface area contributed by atoms with Gasteiger partial charge in [-0.15, -0.1) is 0 Å². The van der Waals surface area contributed by atoms with E-state index in [0.29, 0.717) is 6.54 Å². The van der Waals surface area contributed by atoms with E-state index in [1.165, 1.54) is 11.6 Å². The van der Waals surface area contributed by atoms with Crippen LogP contribution in [0.25, 0.3) is 0 Å². The molecule has 0 heterocycles. The van der Waals surface area contributed by atoms with Gasteiger partial charge in [-0.2, -0.15) is 13.2 Å². The molecule has 2 aromatic carbocycles. The highest BCUT2D eigenvalue weighted by Gasteiger charge is 2.34. The Balaban J connectivity index is 1.86. The number of halogens is 4. The number of nitrogens with two attached hydrogens (primary N) is 1. The maximum atomic E-state index is 13.1. The Morgan fingerprint density at radius 2 is 1.83 bits per heavy atom. The highest BCUT2D eigenvalue weighted by Crippen LogP contribution is 2.37. The van der Waals surface area contributed by atoms with Gasteiger partial charge < -0.3 is 10.5 Å². The molecule has 2 aromatic rings. The number of nitrogen functional groups attached to an aromatic ring is 1. The fraction of sp³-hybridized carbons (Fsp3) is 0.381. The van der Waals surface area contributed by atoms with Crippen molar-refractivity contribution < 1.29 is 22.7 Å². The first-order chi connectivity index (χ1) is 13.6. The predicted octanol–water partition coefficient (Wildman–Crippen LogP) is 5.09. The molecule has 4 nitrogen and oxygen atoms in total. The second-order valence-electron chi connectivity index (χ2n) is 6.88. The van der Waals surface area contributed by atoms with Crippen molar-refractivity contribution in [2.24, 2.45) is 0 Å². The number of aryl methyl sites for hydroxylation is 1. The lowest BCUT2D eigenvalue weighted by atomic mass is 10.0. The van der Waals surface area contributed by atoms with Crippen LogP contribution in [0.15, 0.2) is 36.4 Å². The van der Waals surface area contributed by atoms with E-state index in [4.69, 9.17) is 22.1 Å². The molecule has 0 atom stereocenters. The van der Waals surface area contributed by atoms with Gasteiger partial charge in [0, 0.05) is 5.56 Å². The number of unbranched alkanes of at least 4 members (excludes halogenated alkanes) is 1. The molecule has 0 saturated heterocycles. The predicted molar refractivity (Wildman–Crippen MR) is 109 cm³/mol. The second kappa shape index (κ2) is 9.98. The second-order valence-corrected chi connectivity index (χ2v) is 7.29. The number of ether oxygens (including phenoxy) is 1. The van der Waals surface area contributed by atoms with Crippen molar-refractivity contribution in [3.63, 3.8) is 0 Å². The summed E-state index contributed by atoms with van der Waals surface area (Å²) in [4.78, 5) is 14.2. The number of likely N-dealkylation sites (N-methyl/N-ethyl adjacent to an activating group) is 1. The molecule has 0 aromatic heterocycles. The molecule has 0 radical (unpaired) electrons. The quantitative estimate of drug-likeness (QED) is 0.343. The first kappa shape index (κ1) is 23.0. The molecule has 29 heavy (non-hydrogen) atoms. The number of carbonyl (C=O) groups is 1. The zero-order valence-electron chi connectivity index (χ0n) is 16.4. The molecule has 158 valence electrons. The minimum absolute atomic E-state index is 0.0000793. The van der Waals surface area contributed by atoms with Gasteiger partial charge in [-0.25, -0.2) is 0 Å². The van der Waals surface area contributed by atoms with Gasteiger partial charge in [-0.05, 0) is 62.7 Å². The summed E-state index contributed by atoms with van der Waals surface area (Å²) in [6.07, 6.45) is -1.99. The van der Waals surface area contributed by atoms with Crippen LogP contribution in [-0.2, 0) is 12.6 Å². The number of hydrogen-bond acceptors (Lipinski definition) is 4. The van der Waals surface area contributed by atoms with E-state index >= 15 is 0 Å². The third-order valence-electron chi connectivity index (χ3n) is 4.58. The molecule has 0 unspecified atom stereocenters. The van der Waals surface area contributed by atoms with Gasteiger partial charge in [-0.3, -0.25) is 9.69 Å². The maximum Gasteiger partial charge on any atom is 0.418 e. The smallest absolute Gasteiger partial charge is 0.418 e. The van der Waals surface area contributed by atoms with Crippen LogP contribution in [0, 0.1) is 0 Å². The lowest BCUT2D eigenvalue weighted by Crippen LogP contribution is -2.27. The topological polar surface area (TPSA) is 55.6 Å². The zero-order valence-corrected chi connectivity index (χ0v) is 17.1. The average molecular weight is 429 g/mol. The van der Waals surface area contributed by atoms with Gasteiger partial charge in [0.25, 0.3) is 0 Å². The van der Waals surface area contributed by atoms with Crippen LogP contribution < -0.4 is 10.5 Å². The number of carbonyl (C=O) groups excluding carboxylic acids is 1. The van der Waals surface area contributed by atoms with Crippen LogP contribution in [0.2, 0.25) is 5.02 Å². The SMILES string of the molecule is COc1ccc(CCCCN(C)CC(=O)c2cc(Cl)c(N)c(C(F)(F)F)c2)cc1. The molecule has 0 spiro atoms. The largest absolute Gasteiger partial charge is 0.497 e. The number of alkyl halides is 3. The summed E-state index contributed by atoms with van der Waals surface area (Å²) in [7, 11) is 3.38. The van der Waals surface area contributed by atoms with Gasteiger partial charge in [0.2, 0.25) is 0 Å². The Bertz CT molecular complexity index is 839. The zero-order chi connectivity index (χ0) is 21.6. The van der Waals surface area contributed by atoms with Crippen molar-refractivity contribution in [3.8, 4) is 5.75 Å². The lowest BCUT2D eigenvalue weighted by Gasteiger charge is -2.17. The van der Waals surface area contributed by atoms with Crippen molar-refractivity contribution in [3.05, 3.63) is 58.1 Å². The molecule has 0 aliphatic carbocycles. The third-order valence-corrected chi connectivity index (χ3v) is 4.90. The number of nitrogens with zero attached hydrogens (tertiary/aromatic N) is 1. The van der Waals surface area contributed by atoms with E-state index in [1.807, 2.05) is 24.3 Å². The summed E-state index contributed by atoms with van der Waals surface area (Å²) >= 11 is 5.79. The van der Waals surface area contributed by atoms with Crippen LogP contribution in [0.4, 0.5) is 18.9 Å². The van der Waals surface area contributed by atoms with Crippen molar-refractivity contribution in [1.82, 2.24) is 4.90 Å². The summed E-state index contributed by atoms with van der Waals surface area (Å²) in [6, 6.07) is 9.79. The molecule has 2 rings (SSSR count). The van der Waals surface area contributed by atoms with Crippen molar-refractivity contribution >= 4 is 23.1 Å². The van der Waals surface area contributed by atoms with Crippen molar-refractivity contribution in [1.29, 1.82) is 0 Å². The lowest BCUT2D eigenvalue weighted by molar-refractivity contribution is -0.136. The van der Waals surface area contributed by atoms with E-state index in [0.717, 1.165) is 31.1 Å². The molecule has 0 fully saturated rings. The molecule has 0 aliphatic rings. The van der Waals surface area contributed by atoms with E-state index in [1.54, 1.807) is 19.1 Å². The van der Waals surface area contributed by atoms with E-state index in [2.05, 4.69) is 0 Å². The molecule has 0 bridgehead atoms. The highest BCUT2D eigenvalue weighted by atomic mass is 35.5. The summed E-state index contributed by atoms with van der Waals surface area (Å²) in [5.41, 5.74) is 4.85. The number of Topliss-reactive ketones (excluding diaryl/α,β-unsaturated/α-hetero) is 1. The summed E-state index contributed by atoms with van der Waals surface area (Å²) in [5, 5.41) is -0.273. The molecule has 0 amide bonds. The van der Waals surface area contributed by atoms with Gasteiger partial charge in [-0.1, -0.05) is 23.7 Å². The van der Waals surface area contributed by atoms with Gasteiger partial charge >= 0.3 is 6.18 Å². The van der Waals surface area contributed by atoms with E-state index in [-0.39, 0.29) is 17.1 Å². The Morgan fingerprint density at radius 1 is 1.17 bits per heavy atom. The van der Waals surface area contributed by atoms with E-state index < -0.39 is 23.2 Å². The Labute approximate surface area is 173 Å². The monoisotopic (exact) mass is 428 g/mol. The van der Waals surface area contributed by atoms with Gasteiger partial charge in [0.05, 0.1) is 29.9 Å². The molecular weight excluding hydrogens is 405 g/mol.